The first kappa shape index (κ1) is 12.9. The first-order chi connectivity index (χ1) is 7.20. The summed E-state index contributed by atoms with van der Waals surface area (Å²) in [7, 11) is 1.50. The van der Waals surface area contributed by atoms with Crippen molar-refractivity contribution in [1.82, 2.24) is 0 Å². The number of methoxy groups -OCH3 is 1. The molecule has 0 saturated carbocycles. The van der Waals surface area contributed by atoms with Crippen molar-refractivity contribution in [2.75, 3.05) is 7.11 Å². The molecule has 0 N–H and O–H groups in total. The summed E-state index contributed by atoms with van der Waals surface area (Å²) in [5.74, 6) is 0.599. The van der Waals surface area contributed by atoms with E-state index in [1.807, 2.05) is 0 Å². The first-order valence-electron chi connectivity index (χ1n) is 4.92. The Morgan fingerprint density at radius 3 is 2.06 bits per heavy atom. The van der Waals surface area contributed by atoms with Crippen molar-refractivity contribution in [3.05, 3.63) is 29.3 Å². The highest BCUT2D eigenvalue weighted by Gasteiger charge is 2.48. The molecule has 0 fully saturated rings. The van der Waals surface area contributed by atoms with Crippen LogP contribution in [-0.4, -0.2) is 13.3 Å². The van der Waals surface area contributed by atoms with Gasteiger partial charge in [0.25, 0.3) is 0 Å². The monoisotopic (exact) mass is 232 g/mol. The second-order valence-electron chi connectivity index (χ2n) is 4.31. The van der Waals surface area contributed by atoms with Crippen LogP contribution in [0.15, 0.2) is 18.2 Å². The molecule has 1 aromatic carbocycles. The maximum atomic E-state index is 12.8. The fourth-order valence-electron chi connectivity index (χ4n) is 1.43. The Kier molecular flexibility index (Phi) is 3.22. The Bertz CT molecular complexity index is 380. The Morgan fingerprint density at radius 2 is 1.69 bits per heavy atom. The van der Waals surface area contributed by atoms with Gasteiger partial charge < -0.3 is 4.74 Å². The third-order valence-corrected chi connectivity index (χ3v) is 2.83. The molecule has 90 valence electrons. The number of rotatable bonds is 2. The average molecular weight is 232 g/mol. The van der Waals surface area contributed by atoms with E-state index in [9.17, 15) is 13.2 Å². The maximum Gasteiger partial charge on any atom is 0.397 e. The van der Waals surface area contributed by atoms with E-state index in [2.05, 4.69) is 0 Å². The minimum absolute atomic E-state index is 0.248. The SMILES string of the molecule is COc1ccc(C(C)(C)C(F)(F)F)cc1C. The molecule has 0 heterocycles. The van der Waals surface area contributed by atoms with Gasteiger partial charge in [0.15, 0.2) is 0 Å². The molecule has 4 heteroatoms. The van der Waals surface area contributed by atoms with E-state index in [4.69, 9.17) is 4.74 Å². The van der Waals surface area contributed by atoms with Gasteiger partial charge in [-0.15, -0.1) is 0 Å². The zero-order valence-electron chi connectivity index (χ0n) is 9.77. The maximum absolute atomic E-state index is 12.8. The summed E-state index contributed by atoms with van der Waals surface area (Å²) in [4.78, 5) is 0. The van der Waals surface area contributed by atoms with Crippen LogP contribution in [0.5, 0.6) is 5.75 Å². The van der Waals surface area contributed by atoms with Crippen LogP contribution in [0.2, 0.25) is 0 Å². The predicted molar refractivity (Wildman–Crippen MR) is 56.8 cm³/mol. The van der Waals surface area contributed by atoms with Crippen molar-refractivity contribution in [3.8, 4) is 5.75 Å². The van der Waals surface area contributed by atoms with E-state index in [0.717, 1.165) is 0 Å². The number of hydrogen-bond acceptors (Lipinski definition) is 1. The summed E-state index contributed by atoms with van der Waals surface area (Å²) in [6, 6.07) is 4.55. The van der Waals surface area contributed by atoms with Gasteiger partial charge in [-0.2, -0.15) is 13.2 Å². The first-order valence-corrected chi connectivity index (χ1v) is 4.92. The van der Waals surface area contributed by atoms with Crippen LogP contribution < -0.4 is 4.74 Å². The standard InChI is InChI=1S/C12H15F3O/c1-8-7-9(5-6-10(8)16-4)11(2,3)12(13,14)15/h5-7H,1-4H3. The Morgan fingerprint density at radius 1 is 1.12 bits per heavy atom. The van der Waals surface area contributed by atoms with Crippen LogP contribution in [0.25, 0.3) is 0 Å². The fourth-order valence-corrected chi connectivity index (χ4v) is 1.43. The van der Waals surface area contributed by atoms with Crippen LogP contribution >= 0.6 is 0 Å². The number of aryl methyl sites for hydroxylation is 1. The summed E-state index contributed by atoms with van der Waals surface area (Å²) < 4.78 is 43.4. The van der Waals surface area contributed by atoms with Crippen LogP contribution in [0.1, 0.15) is 25.0 Å². The predicted octanol–water partition coefficient (Wildman–Crippen LogP) is 3.84. The van der Waals surface area contributed by atoms with Gasteiger partial charge in [-0.1, -0.05) is 12.1 Å². The number of alkyl halides is 3. The van der Waals surface area contributed by atoms with Crippen molar-refractivity contribution in [3.63, 3.8) is 0 Å². The van der Waals surface area contributed by atoms with E-state index in [-0.39, 0.29) is 5.56 Å². The lowest BCUT2D eigenvalue weighted by Crippen LogP contribution is -2.36. The zero-order valence-corrected chi connectivity index (χ0v) is 9.77. The molecule has 0 unspecified atom stereocenters. The molecule has 1 nitrogen and oxygen atoms in total. The lowest BCUT2D eigenvalue weighted by molar-refractivity contribution is -0.180. The van der Waals surface area contributed by atoms with Crippen molar-refractivity contribution >= 4 is 0 Å². The van der Waals surface area contributed by atoms with Gasteiger partial charge >= 0.3 is 6.18 Å². The molecule has 0 atom stereocenters. The smallest absolute Gasteiger partial charge is 0.397 e. The lowest BCUT2D eigenvalue weighted by Gasteiger charge is -2.28. The van der Waals surface area contributed by atoms with E-state index >= 15 is 0 Å². The van der Waals surface area contributed by atoms with Gasteiger partial charge in [0, 0.05) is 0 Å². The van der Waals surface area contributed by atoms with E-state index < -0.39 is 11.6 Å². The number of halogens is 3. The van der Waals surface area contributed by atoms with Crippen molar-refractivity contribution in [1.29, 1.82) is 0 Å². The van der Waals surface area contributed by atoms with E-state index in [1.165, 1.54) is 33.1 Å². The summed E-state index contributed by atoms with van der Waals surface area (Å²) in [6.45, 7) is 4.08. The highest BCUT2D eigenvalue weighted by molar-refractivity contribution is 5.39. The quantitative estimate of drug-likeness (QED) is 0.752. The molecule has 1 aromatic rings. The fraction of sp³-hybridized carbons (Fsp3) is 0.500. The van der Waals surface area contributed by atoms with E-state index in [1.54, 1.807) is 13.0 Å². The molecule has 0 saturated heterocycles. The average Bonchev–Trinajstić information content (AvgIpc) is 2.15. The van der Waals surface area contributed by atoms with Gasteiger partial charge in [-0.3, -0.25) is 0 Å². The second kappa shape index (κ2) is 4.00. The Hall–Kier alpha value is -1.19. The minimum Gasteiger partial charge on any atom is -0.496 e. The third-order valence-electron chi connectivity index (χ3n) is 2.83. The second-order valence-corrected chi connectivity index (χ2v) is 4.31. The molecule has 0 aliphatic carbocycles. The minimum atomic E-state index is -4.26. The zero-order chi connectivity index (χ0) is 12.6. The summed E-state index contributed by atoms with van der Waals surface area (Å²) >= 11 is 0. The molecule has 0 aromatic heterocycles. The highest BCUT2D eigenvalue weighted by atomic mass is 19.4. The number of benzene rings is 1. The molecule has 0 bridgehead atoms. The van der Waals surface area contributed by atoms with Crippen LogP contribution in [0.4, 0.5) is 13.2 Å². The van der Waals surface area contributed by atoms with Gasteiger partial charge in [-0.05, 0) is 38.0 Å². The Labute approximate surface area is 93.2 Å². The normalized spacial score (nSPS) is 12.7. The molecule has 0 radical (unpaired) electrons. The molecule has 16 heavy (non-hydrogen) atoms. The summed E-state index contributed by atoms with van der Waals surface area (Å²) in [5, 5.41) is 0. The van der Waals surface area contributed by atoms with Crippen LogP contribution in [-0.2, 0) is 5.41 Å². The third kappa shape index (κ3) is 2.15. The lowest BCUT2D eigenvalue weighted by atomic mass is 9.83. The summed E-state index contributed by atoms with van der Waals surface area (Å²) in [5.41, 5.74) is -0.889. The van der Waals surface area contributed by atoms with Gasteiger partial charge in [0.2, 0.25) is 0 Å². The van der Waals surface area contributed by atoms with E-state index in [0.29, 0.717) is 11.3 Å². The molecule has 0 aliphatic rings. The van der Waals surface area contributed by atoms with Gasteiger partial charge in [0.05, 0.1) is 12.5 Å². The Balaban J connectivity index is 3.20. The number of hydrogen-bond donors (Lipinski definition) is 0. The largest absolute Gasteiger partial charge is 0.496 e. The topological polar surface area (TPSA) is 9.23 Å². The molecule has 0 aliphatic heterocycles. The highest BCUT2D eigenvalue weighted by Crippen LogP contribution is 2.41. The van der Waals surface area contributed by atoms with Gasteiger partial charge in [0.1, 0.15) is 5.75 Å². The molecular formula is C12H15F3O. The van der Waals surface area contributed by atoms with Crippen molar-refractivity contribution in [2.45, 2.75) is 32.4 Å². The van der Waals surface area contributed by atoms with Gasteiger partial charge in [-0.25, -0.2) is 0 Å². The number of ether oxygens (including phenoxy) is 1. The molecule has 0 spiro atoms. The molecule has 1 rings (SSSR count). The molecule has 0 amide bonds. The molecular weight excluding hydrogens is 217 g/mol. The van der Waals surface area contributed by atoms with Crippen LogP contribution in [0, 0.1) is 6.92 Å². The summed E-state index contributed by atoms with van der Waals surface area (Å²) in [6.07, 6.45) is -4.26. The van der Waals surface area contributed by atoms with Crippen LogP contribution in [0.3, 0.4) is 0 Å². The van der Waals surface area contributed by atoms with Crippen molar-refractivity contribution < 1.29 is 17.9 Å². The van der Waals surface area contributed by atoms with Crippen molar-refractivity contribution in [2.24, 2.45) is 0 Å².